The van der Waals surface area contributed by atoms with Gasteiger partial charge in [-0.3, -0.25) is 0 Å². The molecule has 22 heavy (non-hydrogen) atoms. The third kappa shape index (κ3) is 3.24. The molecule has 0 aliphatic carbocycles. The molecule has 0 radical (unpaired) electrons. The van der Waals surface area contributed by atoms with Crippen LogP contribution in [0.15, 0.2) is 63.3 Å². The van der Waals surface area contributed by atoms with Crippen molar-refractivity contribution in [2.45, 2.75) is 0 Å². The molecular weight excluding hydrogens is 320 g/mol. The molecular formula is C15H11ClN4OS. The molecule has 0 atom stereocenters. The van der Waals surface area contributed by atoms with E-state index in [-0.39, 0.29) is 0 Å². The van der Waals surface area contributed by atoms with E-state index in [1.165, 1.54) is 10.9 Å². The van der Waals surface area contributed by atoms with Crippen molar-refractivity contribution in [1.82, 2.24) is 14.9 Å². The van der Waals surface area contributed by atoms with Crippen LogP contribution in [0, 0.1) is 4.77 Å². The van der Waals surface area contributed by atoms with Gasteiger partial charge in [-0.15, -0.1) is 5.10 Å². The summed E-state index contributed by atoms with van der Waals surface area (Å²) in [5.41, 5.74) is 0.987. The highest BCUT2D eigenvalue weighted by molar-refractivity contribution is 7.71. The van der Waals surface area contributed by atoms with Crippen molar-refractivity contribution in [3.8, 4) is 11.6 Å². The zero-order valence-electron chi connectivity index (χ0n) is 11.3. The summed E-state index contributed by atoms with van der Waals surface area (Å²) in [6.45, 7) is 0. The molecule has 0 saturated heterocycles. The Morgan fingerprint density at radius 3 is 2.82 bits per heavy atom. The third-order valence-electron chi connectivity index (χ3n) is 2.79. The summed E-state index contributed by atoms with van der Waals surface area (Å²) in [4.78, 5) is 0. The number of rotatable bonds is 4. The van der Waals surface area contributed by atoms with Crippen LogP contribution < -0.4 is 0 Å². The van der Waals surface area contributed by atoms with Gasteiger partial charge < -0.3 is 4.42 Å². The Kier molecular flexibility index (Phi) is 4.32. The minimum atomic E-state index is 0.354. The van der Waals surface area contributed by atoms with Gasteiger partial charge >= 0.3 is 0 Å². The molecule has 3 aromatic rings. The van der Waals surface area contributed by atoms with E-state index < -0.39 is 0 Å². The van der Waals surface area contributed by atoms with Crippen molar-refractivity contribution in [2.75, 3.05) is 0 Å². The van der Waals surface area contributed by atoms with Crippen LogP contribution in [0.2, 0.25) is 0 Å². The van der Waals surface area contributed by atoms with Gasteiger partial charge in [0, 0.05) is 0 Å². The number of aromatic amines is 1. The molecule has 0 fully saturated rings. The number of furan rings is 1. The number of allylic oxidation sites excluding steroid dienone is 1. The lowest BCUT2D eigenvalue weighted by atomic mass is 10.2. The Bertz CT molecular complexity index is 863. The number of nitrogens with zero attached hydrogens (tertiary/aromatic N) is 3. The molecule has 2 aromatic heterocycles. The quantitative estimate of drug-likeness (QED) is 0.572. The first kappa shape index (κ1) is 14.5. The molecule has 3 rings (SSSR count). The normalized spacial score (nSPS) is 12.1. The summed E-state index contributed by atoms with van der Waals surface area (Å²) in [7, 11) is 0. The lowest BCUT2D eigenvalue weighted by molar-refractivity contribution is 0.573. The second kappa shape index (κ2) is 6.55. The Hall–Kier alpha value is -2.44. The van der Waals surface area contributed by atoms with Crippen molar-refractivity contribution in [2.24, 2.45) is 5.10 Å². The van der Waals surface area contributed by atoms with Gasteiger partial charge in [-0.1, -0.05) is 41.9 Å². The number of hydrogen-bond acceptors (Lipinski definition) is 4. The molecule has 0 saturated carbocycles. The smallest absolute Gasteiger partial charge is 0.219 e. The average Bonchev–Trinajstić information content (AvgIpc) is 3.16. The lowest BCUT2D eigenvalue weighted by Gasteiger charge is -1.97. The van der Waals surface area contributed by atoms with Crippen LogP contribution in [0.5, 0.6) is 0 Å². The highest BCUT2D eigenvalue weighted by Crippen LogP contribution is 2.17. The Balaban J connectivity index is 1.89. The zero-order chi connectivity index (χ0) is 15.4. The van der Waals surface area contributed by atoms with Gasteiger partial charge in [-0.05, 0) is 36.0 Å². The van der Waals surface area contributed by atoms with Crippen molar-refractivity contribution in [3.63, 3.8) is 0 Å². The van der Waals surface area contributed by atoms with Crippen LogP contribution in [0.4, 0.5) is 0 Å². The van der Waals surface area contributed by atoms with Gasteiger partial charge in [0.15, 0.2) is 5.76 Å². The van der Waals surface area contributed by atoms with Crippen LogP contribution in [0.3, 0.4) is 0 Å². The largest absolute Gasteiger partial charge is 0.461 e. The van der Waals surface area contributed by atoms with E-state index in [1.54, 1.807) is 24.5 Å². The maximum absolute atomic E-state index is 6.17. The van der Waals surface area contributed by atoms with Crippen LogP contribution in [-0.2, 0) is 0 Å². The van der Waals surface area contributed by atoms with Crippen molar-refractivity contribution >= 4 is 36.1 Å². The molecule has 0 bridgehead atoms. The lowest BCUT2D eigenvalue weighted by Crippen LogP contribution is -1.93. The fourth-order valence-electron chi connectivity index (χ4n) is 1.82. The second-order valence-corrected chi connectivity index (χ2v) is 5.15. The van der Waals surface area contributed by atoms with Gasteiger partial charge in [0.1, 0.15) is 0 Å². The van der Waals surface area contributed by atoms with Crippen molar-refractivity contribution < 1.29 is 4.42 Å². The summed E-state index contributed by atoms with van der Waals surface area (Å²) >= 11 is 11.3. The Morgan fingerprint density at radius 2 is 2.09 bits per heavy atom. The number of benzene rings is 1. The molecule has 1 N–H and O–H groups in total. The number of nitrogens with one attached hydrogen (secondary N) is 1. The molecule has 7 heteroatoms. The zero-order valence-corrected chi connectivity index (χ0v) is 12.9. The van der Waals surface area contributed by atoms with E-state index in [2.05, 4.69) is 15.3 Å². The molecule has 0 aliphatic heterocycles. The molecule has 0 unspecified atom stereocenters. The maximum atomic E-state index is 6.17. The van der Waals surface area contributed by atoms with Crippen molar-refractivity contribution in [1.29, 1.82) is 0 Å². The van der Waals surface area contributed by atoms with Crippen LogP contribution in [-0.4, -0.2) is 21.1 Å². The minimum Gasteiger partial charge on any atom is -0.461 e. The molecule has 1 aromatic carbocycles. The van der Waals surface area contributed by atoms with E-state index in [4.69, 9.17) is 28.2 Å². The fraction of sp³-hybridized carbons (Fsp3) is 0. The first-order valence-electron chi connectivity index (χ1n) is 6.42. The van der Waals surface area contributed by atoms with Crippen LogP contribution in [0.1, 0.15) is 5.56 Å². The topological polar surface area (TPSA) is 59.1 Å². The monoisotopic (exact) mass is 330 g/mol. The van der Waals surface area contributed by atoms with E-state index >= 15 is 0 Å². The summed E-state index contributed by atoms with van der Waals surface area (Å²) < 4.78 is 7.11. The standard InChI is InChI=1S/C15H11ClN4OS/c16-12(9-11-5-2-1-3-6-11)10-17-20-14(18-19-15(20)22)13-7-4-8-21-13/h1-10H,(H,19,22)/b12-9-,17-10+. The number of hydrogen-bond donors (Lipinski definition) is 1. The molecule has 5 nitrogen and oxygen atoms in total. The van der Waals surface area contributed by atoms with Gasteiger partial charge in [-0.2, -0.15) is 9.78 Å². The first-order valence-corrected chi connectivity index (χ1v) is 7.20. The summed E-state index contributed by atoms with van der Waals surface area (Å²) in [6, 6.07) is 13.3. The maximum Gasteiger partial charge on any atom is 0.219 e. The van der Waals surface area contributed by atoms with E-state index in [0.717, 1.165) is 5.56 Å². The second-order valence-electron chi connectivity index (χ2n) is 4.33. The van der Waals surface area contributed by atoms with Crippen molar-refractivity contribution in [3.05, 3.63) is 64.1 Å². The SMILES string of the molecule is S=c1[nH]nc(-c2ccco2)n1/N=C/C(Cl)=C/c1ccccc1. The highest BCUT2D eigenvalue weighted by atomic mass is 35.5. The van der Waals surface area contributed by atoms with Gasteiger partial charge in [0.25, 0.3) is 0 Å². The number of H-pyrrole nitrogens is 1. The number of aromatic nitrogens is 3. The summed E-state index contributed by atoms with van der Waals surface area (Å²) in [5, 5.41) is 11.5. The van der Waals surface area contributed by atoms with Gasteiger partial charge in [0.2, 0.25) is 10.6 Å². The molecule has 110 valence electrons. The van der Waals surface area contributed by atoms with Crippen LogP contribution in [0.25, 0.3) is 17.7 Å². The average molecular weight is 331 g/mol. The Labute approximate surface area is 136 Å². The van der Waals surface area contributed by atoms with E-state index in [9.17, 15) is 0 Å². The van der Waals surface area contributed by atoms with Gasteiger partial charge in [-0.25, -0.2) is 5.10 Å². The Morgan fingerprint density at radius 1 is 1.27 bits per heavy atom. The van der Waals surface area contributed by atoms with E-state index in [0.29, 0.717) is 21.4 Å². The third-order valence-corrected chi connectivity index (χ3v) is 3.26. The predicted octanol–water partition coefficient (Wildman–Crippen LogP) is 4.31. The first-order chi connectivity index (χ1) is 10.7. The molecule has 2 heterocycles. The van der Waals surface area contributed by atoms with Gasteiger partial charge in [0.05, 0.1) is 17.5 Å². The molecule has 0 spiro atoms. The van der Waals surface area contributed by atoms with E-state index in [1.807, 2.05) is 30.3 Å². The highest BCUT2D eigenvalue weighted by Gasteiger charge is 2.10. The number of halogens is 1. The fourth-order valence-corrected chi connectivity index (χ4v) is 2.17. The minimum absolute atomic E-state index is 0.354. The predicted molar refractivity (Wildman–Crippen MR) is 89.3 cm³/mol. The molecule has 0 aliphatic rings. The molecule has 0 amide bonds. The summed E-state index contributed by atoms with van der Waals surface area (Å²) in [5.74, 6) is 1.04. The summed E-state index contributed by atoms with van der Waals surface area (Å²) in [6.07, 6.45) is 4.87. The van der Waals surface area contributed by atoms with Crippen LogP contribution >= 0.6 is 23.8 Å².